The highest BCUT2D eigenvalue weighted by Gasteiger charge is 2.18. The molecule has 0 aliphatic carbocycles. The van der Waals surface area contributed by atoms with Crippen LogP contribution in [0.5, 0.6) is 0 Å². The Morgan fingerprint density at radius 3 is 2.68 bits per heavy atom. The van der Waals surface area contributed by atoms with Gasteiger partial charge >= 0.3 is 5.97 Å². The van der Waals surface area contributed by atoms with Gasteiger partial charge in [0.05, 0.1) is 23.5 Å². The molecule has 2 N–H and O–H groups in total. The quantitative estimate of drug-likeness (QED) is 0.452. The summed E-state index contributed by atoms with van der Waals surface area (Å²) in [6.45, 7) is 7.22. The molecule has 0 saturated carbocycles. The van der Waals surface area contributed by atoms with Gasteiger partial charge in [-0.15, -0.1) is 12.3 Å². The molecule has 1 amide bonds. The zero-order valence-electron chi connectivity index (χ0n) is 18.2. The van der Waals surface area contributed by atoms with E-state index in [0.29, 0.717) is 18.7 Å². The summed E-state index contributed by atoms with van der Waals surface area (Å²) >= 11 is 0. The number of ether oxygens (including phenoxy) is 1. The molecule has 0 radical (unpaired) electrons. The maximum absolute atomic E-state index is 12.4. The van der Waals surface area contributed by atoms with Crippen LogP contribution in [-0.2, 0) is 27.3 Å². The van der Waals surface area contributed by atoms with Gasteiger partial charge in [0.25, 0.3) is 5.91 Å². The zero-order chi connectivity index (χ0) is 22.5. The third kappa shape index (κ3) is 4.86. The molecule has 0 saturated heterocycles. The van der Waals surface area contributed by atoms with E-state index in [-0.39, 0.29) is 5.91 Å². The highest BCUT2D eigenvalue weighted by atomic mass is 16.5. The highest BCUT2D eigenvalue weighted by Crippen LogP contribution is 2.24. The van der Waals surface area contributed by atoms with Gasteiger partial charge in [-0.25, -0.2) is 4.98 Å². The molecule has 0 spiro atoms. The second-order valence-electron chi connectivity index (χ2n) is 7.34. The van der Waals surface area contributed by atoms with Gasteiger partial charge in [-0.05, 0) is 50.1 Å². The number of imidazole rings is 1. The van der Waals surface area contributed by atoms with Crippen LogP contribution in [0.2, 0.25) is 0 Å². The van der Waals surface area contributed by atoms with Crippen molar-refractivity contribution in [3.8, 4) is 12.3 Å². The monoisotopic (exact) mass is 418 g/mol. The molecule has 7 heteroatoms. The molecule has 3 rings (SSSR count). The van der Waals surface area contributed by atoms with Crippen molar-refractivity contribution in [2.24, 2.45) is 0 Å². The number of nitrogens with one attached hydrogen (secondary N) is 2. The van der Waals surface area contributed by atoms with E-state index in [1.807, 2.05) is 54.8 Å². The van der Waals surface area contributed by atoms with Gasteiger partial charge in [-0.1, -0.05) is 12.1 Å². The topological polar surface area (TPSA) is 84.7 Å². The van der Waals surface area contributed by atoms with Crippen LogP contribution in [0.3, 0.4) is 0 Å². The van der Waals surface area contributed by atoms with Crippen molar-refractivity contribution in [1.82, 2.24) is 9.38 Å². The number of aryl methyl sites for hydroxylation is 2. The molecule has 1 aromatic carbocycles. The van der Waals surface area contributed by atoms with Crippen molar-refractivity contribution in [3.63, 3.8) is 0 Å². The minimum atomic E-state index is -0.880. The number of terminal acetylenes is 1. The van der Waals surface area contributed by atoms with Crippen LogP contribution >= 0.6 is 0 Å². The molecule has 0 aliphatic heterocycles. The van der Waals surface area contributed by atoms with E-state index in [9.17, 15) is 9.59 Å². The number of carbonyl (C=O) groups excluding carboxylic acids is 2. The van der Waals surface area contributed by atoms with Crippen molar-refractivity contribution < 1.29 is 14.3 Å². The summed E-state index contributed by atoms with van der Waals surface area (Å²) in [6, 6.07) is 9.58. The maximum atomic E-state index is 12.4. The van der Waals surface area contributed by atoms with Gasteiger partial charge in [0, 0.05) is 25.4 Å². The largest absolute Gasteiger partial charge is 0.453 e. The summed E-state index contributed by atoms with van der Waals surface area (Å²) < 4.78 is 6.97. The Morgan fingerprint density at radius 2 is 1.97 bits per heavy atom. The third-order valence-corrected chi connectivity index (χ3v) is 5.05. The van der Waals surface area contributed by atoms with Crippen LogP contribution in [0, 0.1) is 26.2 Å². The molecule has 2 heterocycles. The van der Waals surface area contributed by atoms with Crippen LogP contribution < -0.4 is 10.6 Å². The summed E-state index contributed by atoms with van der Waals surface area (Å²) in [5.74, 6) is 1.80. The van der Waals surface area contributed by atoms with Gasteiger partial charge in [0.1, 0.15) is 0 Å². The number of carbonyl (C=O) groups is 2. The van der Waals surface area contributed by atoms with Gasteiger partial charge in [0.15, 0.2) is 11.8 Å². The van der Waals surface area contributed by atoms with Gasteiger partial charge in [-0.3, -0.25) is 9.59 Å². The van der Waals surface area contributed by atoms with Crippen molar-refractivity contribution in [2.75, 3.05) is 10.6 Å². The number of fused-ring (bicyclic) bond motifs is 1. The standard InChI is InChI=1S/C24H26N4O3/c1-6-9-22-16(3)26-23-21(12-8-13-28(22)23)25-14-19-15(2)10-7-11-20(19)27-24(30)17(4)31-18(5)29/h1,7-8,10-13,17,25H,9,14H2,2-5H3,(H,27,30). The molecule has 160 valence electrons. The third-order valence-electron chi connectivity index (χ3n) is 5.05. The Hall–Kier alpha value is -3.79. The average molecular weight is 418 g/mol. The van der Waals surface area contributed by atoms with Gasteiger partial charge in [-0.2, -0.15) is 0 Å². The number of benzene rings is 1. The smallest absolute Gasteiger partial charge is 0.303 e. The first kappa shape index (κ1) is 21.9. The average Bonchev–Trinajstić information content (AvgIpc) is 3.03. The molecule has 0 aliphatic rings. The molecule has 2 aromatic heterocycles. The molecule has 0 fully saturated rings. The maximum Gasteiger partial charge on any atom is 0.303 e. The molecular formula is C24H26N4O3. The lowest BCUT2D eigenvalue weighted by molar-refractivity contribution is -0.150. The number of hydrogen-bond acceptors (Lipinski definition) is 5. The summed E-state index contributed by atoms with van der Waals surface area (Å²) in [6.07, 6.45) is 7.08. The van der Waals surface area contributed by atoms with Gasteiger partial charge in [0.2, 0.25) is 0 Å². The number of amides is 1. The normalized spacial score (nSPS) is 11.6. The number of hydrogen-bond donors (Lipinski definition) is 2. The number of nitrogens with zero attached hydrogens (tertiary/aromatic N) is 2. The number of rotatable bonds is 7. The highest BCUT2D eigenvalue weighted by molar-refractivity contribution is 5.95. The summed E-state index contributed by atoms with van der Waals surface area (Å²) in [7, 11) is 0. The lowest BCUT2D eigenvalue weighted by Gasteiger charge is -2.17. The first-order valence-electron chi connectivity index (χ1n) is 10.0. The Morgan fingerprint density at radius 1 is 1.23 bits per heavy atom. The van der Waals surface area contributed by atoms with Crippen LogP contribution in [-0.4, -0.2) is 27.4 Å². The van der Waals surface area contributed by atoms with E-state index in [2.05, 4.69) is 21.5 Å². The fourth-order valence-electron chi connectivity index (χ4n) is 3.45. The number of esters is 1. The minimum absolute atomic E-state index is 0.382. The van der Waals surface area contributed by atoms with Crippen molar-refractivity contribution >= 4 is 28.9 Å². The van der Waals surface area contributed by atoms with E-state index >= 15 is 0 Å². The van der Waals surface area contributed by atoms with E-state index in [1.54, 1.807) is 6.92 Å². The van der Waals surface area contributed by atoms with Crippen molar-refractivity contribution in [3.05, 3.63) is 59.0 Å². The summed E-state index contributed by atoms with van der Waals surface area (Å²) in [5.41, 5.74) is 6.16. The van der Waals surface area contributed by atoms with Crippen molar-refractivity contribution in [2.45, 2.75) is 46.8 Å². The van der Waals surface area contributed by atoms with E-state index < -0.39 is 12.1 Å². The molecule has 1 unspecified atom stereocenters. The Bertz CT molecular complexity index is 1170. The lowest BCUT2D eigenvalue weighted by Crippen LogP contribution is -2.29. The van der Waals surface area contributed by atoms with Gasteiger partial charge < -0.3 is 19.8 Å². The Labute approximate surface area is 181 Å². The fraction of sp³-hybridized carbons (Fsp3) is 0.292. The first-order valence-corrected chi connectivity index (χ1v) is 10.0. The molecule has 3 aromatic rings. The number of anilines is 2. The van der Waals surface area contributed by atoms with E-state index in [4.69, 9.17) is 11.2 Å². The molecule has 31 heavy (non-hydrogen) atoms. The SMILES string of the molecule is C#CCc1c(C)nc2c(NCc3c(C)cccc3NC(=O)C(C)OC(C)=O)cccn12. The summed E-state index contributed by atoms with van der Waals surface area (Å²) in [5, 5.41) is 6.29. The van der Waals surface area contributed by atoms with Crippen molar-refractivity contribution in [1.29, 1.82) is 0 Å². The Kier molecular flexibility index (Phi) is 6.61. The van der Waals surface area contributed by atoms with E-state index in [0.717, 1.165) is 33.8 Å². The predicted octanol–water partition coefficient (Wildman–Crippen LogP) is 3.63. The fourth-order valence-corrected chi connectivity index (χ4v) is 3.45. The molecule has 7 nitrogen and oxygen atoms in total. The minimum Gasteiger partial charge on any atom is -0.453 e. The summed E-state index contributed by atoms with van der Waals surface area (Å²) in [4.78, 5) is 28.2. The zero-order valence-corrected chi connectivity index (χ0v) is 18.2. The second kappa shape index (κ2) is 9.35. The number of pyridine rings is 1. The second-order valence-corrected chi connectivity index (χ2v) is 7.34. The lowest BCUT2D eigenvalue weighted by atomic mass is 10.1. The van der Waals surface area contributed by atoms with Crippen LogP contribution in [0.4, 0.5) is 11.4 Å². The molecule has 1 atom stereocenters. The van der Waals surface area contributed by atoms with Crippen LogP contribution in [0.15, 0.2) is 36.5 Å². The van der Waals surface area contributed by atoms with Crippen LogP contribution in [0.1, 0.15) is 36.4 Å². The first-order chi connectivity index (χ1) is 14.8. The Balaban J connectivity index is 1.84. The van der Waals surface area contributed by atoms with E-state index in [1.165, 1.54) is 6.92 Å². The molecule has 0 bridgehead atoms. The number of aromatic nitrogens is 2. The van der Waals surface area contributed by atoms with Crippen LogP contribution in [0.25, 0.3) is 5.65 Å². The predicted molar refractivity (Wildman–Crippen MR) is 121 cm³/mol. The molecular weight excluding hydrogens is 392 g/mol.